The molecule has 6 aromatic carbocycles. The van der Waals surface area contributed by atoms with Crippen LogP contribution < -0.4 is 31.4 Å². The molecule has 1 amide bonds. The Morgan fingerprint density at radius 2 is 0.826 bits per heavy atom. The predicted molar refractivity (Wildman–Crippen MR) is 356 cm³/mol. The minimum Gasteiger partial charge on any atom is -0.466 e. The first-order chi connectivity index (χ1) is 44.0. The summed E-state index contributed by atoms with van der Waals surface area (Å²) in [6.07, 6.45) is 9.02. The van der Waals surface area contributed by atoms with Crippen molar-refractivity contribution in [1.29, 1.82) is 0 Å². The lowest BCUT2D eigenvalue weighted by atomic mass is 9.83. The number of carbonyl (C=O) groups is 5. The topological polar surface area (TPSA) is 231 Å². The van der Waals surface area contributed by atoms with E-state index < -0.39 is 29.7 Å². The number of fused-ring (bicyclic) bond motifs is 3. The van der Waals surface area contributed by atoms with Gasteiger partial charge in [-0.1, -0.05) is 145 Å². The lowest BCUT2D eigenvalue weighted by Crippen LogP contribution is -2.37. The van der Waals surface area contributed by atoms with Crippen LogP contribution in [0.3, 0.4) is 0 Å². The van der Waals surface area contributed by atoms with Gasteiger partial charge >= 0.3 is 23.9 Å². The molecule has 0 aromatic heterocycles. The Balaban J connectivity index is 0.000000180. The first-order valence-corrected chi connectivity index (χ1v) is 31.6. The first-order valence-electron chi connectivity index (χ1n) is 31.6. The maximum absolute atomic E-state index is 13.3. The molecule has 3 atom stereocenters. The van der Waals surface area contributed by atoms with E-state index >= 15 is 0 Å². The highest BCUT2D eigenvalue weighted by molar-refractivity contribution is 5.94. The van der Waals surface area contributed by atoms with Crippen molar-refractivity contribution in [3.05, 3.63) is 196 Å². The third kappa shape index (κ3) is 16.4. The van der Waals surface area contributed by atoms with Crippen LogP contribution in [0.25, 0.3) is 33.4 Å². The molecule has 482 valence electrons. The summed E-state index contributed by atoms with van der Waals surface area (Å²) in [5.41, 5.74) is 30.2. The van der Waals surface area contributed by atoms with Gasteiger partial charge in [0.05, 0.1) is 44.8 Å². The minimum atomic E-state index is -0.620. The fourth-order valence-corrected chi connectivity index (χ4v) is 11.7. The predicted octanol–water partition coefficient (Wildman–Crippen LogP) is 13.7. The molecule has 1 fully saturated rings. The van der Waals surface area contributed by atoms with Gasteiger partial charge in [-0.05, 0) is 139 Å². The van der Waals surface area contributed by atoms with Crippen LogP contribution in [0.15, 0.2) is 168 Å². The zero-order valence-corrected chi connectivity index (χ0v) is 54.6. The van der Waals surface area contributed by atoms with Crippen LogP contribution in [-0.4, -0.2) is 74.2 Å². The lowest BCUT2D eigenvalue weighted by molar-refractivity contribution is -0.144. The van der Waals surface area contributed by atoms with Crippen molar-refractivity contribution < 1.29 is 57.1 Å². The molecule has 4 aliphatic rings. The Hall–Kier alpha value is -9.75. The summed E-state index contributed by atoms with van der Waals surface area (Å²) in [6, 6.07) is 44.2. The van der Waals surface area contributed by atoms with Crippen molar-refractivity contribution in [2.24, 2.45) is 17.2 Å². The van der Waals surface area contributed by atoms with Crippen molar-refractivity contribution >= 4 is 29.8 Å². The van der Waals surface area contributed by atoms with E-state index in [1.165, 1.54) is 11.1 Å². The molecule has 4 heterocycles. The number of rotatable bonds is 15. The highest BCUT2D eigenvalue weighted by atomic mass is 16.5. The molecule has 16 heteroatoms. The second kappa shape index (κ2) is 30.4. The molecule has 10 rings (SSSR count). The van der Waals surface area contributed by atoms with Crippen molar-refractivity contribution in [3.8, 4) is 63.0 Å². The van der Waals surface area contributed by atoms with Crippen LogP contribution in [0.4, 0.5) is 0 Å². The van der Waals surface area contributed by atoms with E-state index in [1.54, 1.807) is 27.7 Å². The number of terminal acetylenes is 1. The number of ether oxygens (including phenoxy) is 7. The third-order valence-corrected chi connectivity index (χ3v) is 16.5. The van der Waals surface area contributed by atoms with Crippen LogP contribution in [0.2, 0.25) is 0 Å². The van der Waals surface area contributed by atoms with Crippen molar-refractivity contribution in [2.75, 3.05) is 39.5 Å². The Kier molecular flexibility index (Phi) is 22.5. The monoisotopic (exact) mass is 1250 g/mol. The summed E-state index contributed by atoms with van der Waals surface area (Å²) >= 11 is 0. The van der Waals surface area contributed by atoms with Crippen molar-refractivity contribution in [3.63, 3.8) is 0 Å². The third-order valence-electron chi connectivity index (χ3n) is 16.5. The molecule has 0 saturated carbocycles. The average molecular weight is 1250 g/mol. The highest BCUT2D eigenvalue weighted by Crippen LogP contribution is 2.46. The maximum atomic E-state index is 13.3. The van der Waals surface area contributed by atoms with Gasteiger partial charge in [0.2, 0.25) is 23.6 Å². The zero-order chi connectivity index (χ0) is 66.4. The van der Waals surface area contributed by atoms with Gasteiger partial charge in [-0.2, -0.15) is 0 Å². The molecule has 6 aromatic rings. The molecular formula is C76H86N4O12. The average Bonchev–Trinajstić information content (AvgIpc) is 0.831. The molecule has 0 radical (unpaired) electrons. The smallest absolute Gasteiger partial charge is 0.340 e. The van der Waals surface area contributed by atoms with E-state index in [9.17, 15) is 24.0 Å². The summed E-state index contributed by atoms with van der Waals surface area (Å²) in [7, 11) is 0. The molecule has 16 nitrogen and oxygen atoms in total. The summed E-state index contributed by atoms with van der Waals surface area (Å²) in [6.45, 7) is 22.6. The fourth-order valence-electron chi connectivity index (χ4n) is 11.7. The van der Waals surface area contributed by atoms with Gasteiger partial charge in [0.15, 0.2) is 0 Å². The number of amides is 1. The Morgan fingerprint density at radius 1 is 0.467 bits per heavy atom. The summed E-state index contributed by atoms with van der Waals surface area (Å²) in [5.74, 6) is 1.07. The van der Waals surface area contributed by atoms with Crippen LogP contribution in [-0.2, 0) is 53.8 Å². The minimum absolute atomic E-state index is 0.00896. The van der Waals surface area contributed by atoms with Gasteiger partial charge < -0.3 is 55.3 Å². The number of hydrogen-bond acceptors (Lipinski definition) is 15. The van der Waals surface area contributed by atoms with Gasteiger partial charge in [-0.3, -0.25) is 14.4 Å². The molecule has 0 spiro atoms. The van der Waals surface area contributed by atoms with Gasteiger partial charge in [0.25, 0.3) is 0 Å². The van der Waals surface area contributed by atoms with E-state index in [2.05, 4.69) is 96.0 Å². The standard InChI is InChI=1S/C29H36N2O4.C26H31NO5.C21H19NO3/c1-5-34-28(33)26-23(18-25(32)31-15-7-6-8-16-31)22-17-20(11-14-24(22)35-27(26)30)19-9-12-21(13-10-19)29(2,3)4;1-6-30-22(28)15-20-19-14-17(16-8-11-18(12-9-16)26(3,4)5)10-13-21(19)32-24(27)23(20)25(29)31-7-2;1-3-16-17(13-20(23)24-4-2)18-12-15(14-8-6-5-7-9-14)10-11-19(18)25-21(16)22/h9-14,17,23H,5-8,15-16,18,30H2,1-4H3;8-14,20H,6-7,15,27H2,1-5H3;1,5-12,17H,4,13,22H2,2H3. The molecular weight excluding hydrogens is 1160 g/mol. The van der Waals surface area contributed by atoms with Gasteiger partial charge in [-0.15, -0.1) is 6.42 Å². The van der Waals surface area contributed by atoms with Gasteiger partial charge in [-0.25, -0.2) is 9.59 Å². The van der Waals surface area contributed by atoms with Gasteiger partial charge in [0.1, 0.15) is 28.4 Å². The molecule has 0 aliphatic carbocycles. The van der Waals surface area contributed by atoms with Crippen LogP contribution in [0.1, 0.15) is 153 Å². The van der Waals surface area contributed by atoms with Crippen molar-refractivity contribution in [2.45, 2.75) is 136 Å². The number of likely N-dealkylation sites (tertiary alicyclic amines) is 1. The number of piperidine rings is 1. The van der Waals surface area contributed by atoms with Crippen LogP contribution >= 0.6 is 0 Å². The molecule has 4 aliphatic heterocycles. The molecule has 92 heavy (non-hydrogen) atoms. The number of esters is 4. The number of allylic oxidation sites excluding steroid dienone is 1. The zero-order valence-electron chi connectivity index (χ0n) is 54.6. The maximum Gasteiger partial charge on any atom is 0.340 e. The summed E-state index contributed by atoms with van der Waals surface area (Å²) in [5, 5.41) is 0. The number of carbonyl (C=O) groups excluding carboxylic acids is 5. The summed E-state index contributed by atoms with van der Waals surface area (Å²) in [4.78, 5) is 65.1. The van der Waals surface area contributed by atoms with E-state index in [0.717, 1.165) is 76.9 Å². The largest absolute Gasteiger partial charge is 0.466 e. The summed E-state index contributed by atoms with van der Waals surface area (Å²) < 4.78 is 38.0. The van der Waals surface area contributed by atoms with Crippen LogP contribution in [0.5, 0.6) is 17.2 Å². The number of benzene rings is 6. The highest BCUT2D eigenvalue weighted by Gasteiger charge is 2.39. The quantitative estimate of drug-likeness (QED) is 0.0493. The first kappa shape index (κ1) is 68.2. The Bertz CT molecular complexity index is 3800. The van der Waals surface area contributed by atoms with E-state index in [4.69, 9.17) is 56.8 Å². The van der Waals surface area contributed by atoms with E-state index in [1.807, 2.05) is 89.8 Å². The Morgan fingerprint density at radius 3 is 1.22 bits per heavy atom. The number of hydrogen-bond donors (Lipinski definition) is 3. The van der Waals surface area contributed by atoms with Gasteiger partial charge in [0, 0.05) is 54.0 Å². The Labute approximate surface area is 541 Å². The fraction of sp³-hybridized carbons (Fsp3) is 0.355. The van der Waals surface area contributed by atoms with E-state index in [-0.39, 0.29) is 96.5 Å². The number of nitrogens with zero attached hydrogens (tertiary/aromatic N) is 1. The van der Waals surface area contributed by atoms with Crippen molar-refractivity contribution in [1.82, 2.24) is 4.90 Å². The molecule has 6 N–H and O–H groups in total. The second-order valence-electron chi connectivity index (χ2n) is 24.8. The van der Waals surface area contributed by atoms with Crippen LogP contribution in [0, 0.1) is 12.3 Å². The normalized spacial score (nSPS) is 16.6. The SMILES string of the molecule is C#CC1=C(N)Oc2ccc(-c3ccccc3)cc2C1CC(=O)OCC.CCOC(=O)C1=C(N)Oc2ccc(-c3ccc(C(C)(C)C)cc3)cc2C1CC(=O)N1CCCCC1.CCOC(=O)CC1C(C(=O)OCC)=C(N)Oc2ccc(-c3ccc(C(C)(C)C)cc3)cc21. The number of nitrogens with two attached hydrogens (primary N) is 3. The molecule has 3 unspecified atom stereocenters. The molecule has 1 saturated heterocycles. The second-order valence-corrected chi connectivity index (χ2v) is 24.8. The van der Waals surface area contributed by atoms with E-state index in [0.29, 0.717) is 35.0 Å². The molecule has 0 bridgehead atoms. The lowest BCUT2D eigenvalue weighted by Gasteiger charge is -2.32.